The van der Waals surface area contributed by atoms with Gasteiger partial charge in [0.25, 0.3) is 0 Å². The Morgan fingerprint density at radius 2 is 2.11 bits per heavy atom. The molecular weight excluding hydrogens is 244 g/mol. The van der Waals surface area contributed by atoms with Gasteiger partial charge in [-0.25, -0.2) is 4.98 Å². The molecular formula is C14H16N2OS. The van der Waals surface area contributed by atoms with E-state index in [9.17, 15) is 4.79 Å². The number of benzene rings is 1. The van der Waals surface area contributed by atoms with Crippen LogP contribution in [0.4, 0.5) is 5.69 Å². The van der Waals surface area contributed by atoms with Crippen LogP contribution in [0, 0.1) is 0 Å². The van der Waals surface area contributed by atoms with Crippen molar-refractivity contribution >= 4 is 22.9 Å². The van der Waals surface area contributed by atoms with Crippen molar-refractivity contribution in [3.05, 3.63) is 46.4 Å². The number of amides is 1. The van der Waals surface area contributed by atoms with E-state index < -0.39 is 0 Å². The van der Waals surface area contributed by atoms with Gasteiger partial charge in [0.15, 0.2) is 0 Å². The minimum absolute atomic E-state index is 0.00731. The van der Waals surface area contributed by atoms with Crippen molar-refractivity contribution in [1.29, 1.82) is 0 Å². The Morgan fingerprint density at radius 1 is 1.33 bits per heavy atom. The van der Waals surface area contributed by atoms with Gasteiger partial charge in [0, 0.05) is 16.8 Å². The van der Waals surface area contributed by atoms with Crippen LogP contribution in [0.3, 0.4) is 0 Å². The van der Waals surface area contributed by atoms with E-state index >= 15 is 0 Å². The highest BCUT2D eigenvalue weighted by molar-refractivity contribution is 7.11. The smallest absolute Gasteiger partial charge is 0.229 e. The van der Waals surface area contributed by atoms with Gasteiger partial charge in [-0.05, 0) is 25.0 Å². The number of anilines is 1. The van der Waals surface area contributed by atoms with Crippen LogP contribution in [0.2, 0.25) is 0 Å². The molecule has 18 heavy (non-hydrogen) atoms. The topological polar surface area (TPSA) is 42.0 Å². The first kappa shape index (κ1) is 12.8. The van der Waals surface area contributed by atoms with Gasteiger partial charge >= 0.3 is 0 Å². The van der Waals surface area contributed by atoms with Crippen LogP contribution < -0.4 is 5.32 Å². The molecule has 0 aliphatic heterocycles. The van der Waals surface area contributed by atoms with E-state index in [2.05, 4.69) is 17.2 Å². The van der Waals surface area contributed by atoms with Gasteiger partial charge in [-0.1, -0.05) is 25.1 Å². The van der Waals surface area contributed by atoms with E-state index in [0.717, 1.165) is 28.4 Å². The maximum Gasteiger partial charge on any atom is 0.229 e. The molecule has 1 aromatic heterocycles. The molecule has 0 saturated carbocycles. The molecule has 94 valence electrons. The fourth-order valence-corrected chi connectivity index (χ4v) is 2.67. The fraction of sp³-hybridized carbons (Fsp3) is 0.286. The molecule has 0 aliphatic rings. The Labute approximate surface area is 111 Å². The van der Waals surface area contributed by atoms with E-state index in [-0.39, 0.29) is 5.91 Å². The molecule has 0 bridgehead atoms. The molecule has 0 fully saturated rings. The van der Waals surface area contributed by atoms with Gasteiger partial charge in [-0.2, -0.15) is 0 Å². The van der Waals surface area contributed by atoms with E-state index in [1.54, 1.807) is 17.5 Å². The third-order valence-electron chi connectivity index (χ3n) is 2.46. The molecule has 1 aromatic carbocycles. The Hall–Kier alpha value is -1.68. The summed E-state index contributed by atoms with van der Waals surface area (Å²) in [6, 6.07) is 9.50. The monoisotopic (exact) mass is 260 g/mol. The summed E-state index contributed by atoms with van der Waals surface area (Å²) in [5.74, 6) is 0.00731. The number of para-hydroxylation sites is 1. The average molecular weight is 260 g/mol. The predicted octanol–water partition coefficient (Wildman–Crippen LogP) is 3.28. The number of carbonyl (C=O) groups excluding carboxylic acids is 1. The summed E-state index contributed by atoms with van der Waals surface area (Å²) in [5.41, 5.74) is 0.834. The maximum absolute atomic E-state index is 11.8. The van der Waals surface area contributed by atoms with Crippen molar-refractivity contribution in [2.75, 3.05) is 5.32 Å². The predicted molar refractivity (Wildman–Crippen MR) is 74.9 cm³/mol. The Balaban J connectivity index is 1.90. The lowest BCUT2D eigenvalue weighted by Crippen LogP contribution is -2.13. The van der Waals surface area contributed by atoms with Crippen molar-refractivity contribution in [2.24, 2.45) is 0 Å². The van der Waals surface area contributed by atoms with Gasteiger partial charge in [0.05, 0.1) is 11.4 Å². The minimum Gasteiger partial charge on any atom is -0.326 e. The summed E-state index contributed by atoms with van der Waals surface area (Å²) in [5, 5.41) is 3.98. The molecule has 0 atom stereocenters. The first-order valence-electron chi connectivity index (χ1n) is 6.06. The molecule has 1 heterocycles. The standard InChI is InChI=1S/C14H16N2OS/c1-2-6-14-15-10-12(18-14)9-13(17)16-11-7-4-3-5-8-11/h3-5,7-8,10H,2,6,9H2,1H3,(H,16,17). The summed E-state index contributed by atoms with van der Waals surface area (Å²) in [6.07, 6.45) is 4.28. The van der Waals surface area contributed by atoms with Gasteiger partial charge in [0.1, 0.15) is 0 Å². The Kier molecular flexibility index (Phi) is 4.47. The van der Waals surface area contributed by atoms with Crippen molar-refractivity contribution < 1.29 is 4.79 Å². The second kappa shape index (κ2) is 6.31. The lowest BCUT2D eigenvalue weighted by atomic mass is 10.3. The average Bonchev–Trinajstić information content (AvgIpc) is 2.78. The summed E-state index contributed by atoms with van der Waals surface area (Å²) in [6.45, 7) is 2.13. The second-order valence-corrected chi connectivity index (χ2v) is 5.26. The Morgan fingerprint density at radius 3 is 2.83 bits per heavy atom. The summed E-state index contributed by atoms with van der Waals surface area (Å²) < 4.78 is 0. The van der Waals surface area contributed by atoms with Crippen LogP contribution >= 0.6 is 11.3 Å². The number of nitrogens with zero attached hydrogens (tertiary/aromatic N) is 1. The number of nitrogens with one attached hydrogen (secondary N) is 1. The zero-order chi connectivity index (χ0) is 12.8. The summed E-state index contributed by atoms with van der Waals surface area (Å²) >= 11 is 1.62. The number of carbonyl (C=O) groups is 1. The van der Waals surface area contributed by atoms with Crippen LogP contribution in [0.25, 0.3) is 0 Å². The highest BCUT2D eigenvalue weighted by atomic mass is 32.1. The fourth-order valence-electron chi connectivity index (χ4n) is 1.64. The molecule has 2 rings (SSSR count). The van der Waals surface area contributed by atoms with E-state index in [0.29, 0.717) is 6.42 Å². The first-order chi connectivity index (χ1) is 8.78. The van der Waals surface area contributed by atoms with E-state index in [1.165, 1.54) is 0 Å². The number of hydrogen-bond acceptors (Lipinski definition) is 3. The van der Waals surface area contributed by atoms with Crippen molar-refractivity contribution in [1.82, 2.24) is 4.98 Å². The number of aromatic nitrogens is 1. The quantitative estimate of drug-likeness (QED) is 0.896. The van der Waals surface area contributed by atoms with Crippen molar-refractivity contribution in [3.8, 4) is 0 Å². The molecule has 1 N–H and O–H groups in total. The van der Waals surface area contributed by atoms with Crippen LogP contribution in [0.5, 0.6) is 0 Å². The molecule has 3 nitrogen and oxygen atoms in total. The highest BCUT2D eigenvalue weighted by Gasteiger charge is 2.07. The summed E-state index contributed by atoms with van der Waals surface area (Å²) in [4.78, 5) is 17.1. The highest BCUT2D eigenvalue weighted by Crippen LogP contribution is 2.16. The van der Waals surface area contributed by atoms with E-state index in [1.807, 2.05) is 30.3 Å². The first-order valence-corrected chi connectivity index (χ1v) is 6.88. The number of rotatable bonds is 5. The third kappa shape index (κ3) is 3.67. The molecule has 2 aromatic rings. The molecule has 0 spiro atoms. The van der Waals surface area contributed by atoms with Gasteiger partial charge in [-0.3, -0.25) is 4.79 Å². The zero-order valence-corrected chi connectivity index (χ0v) is 11.2. The van der Waals surface area contributed by atoms with Gasteiger partial charge in [0.2, 0.25) is 5.91 Å². The molecule has 0 unspecified atom stereocenters. The second-order valence-electron chi connectivity index (χ2n) is 4.06. The van der Waals surface area contributed by atoms with Crippen LogP contribution in [-0.2, 0) is 17.6 Å². The lowest BCUT2D eigenvalue weighted by molar-refractivity contribution is -0.115. The van der Waals surface area contributed by atoms with E-state index in [4.69, 9.17) is 0 Å². The number of hydrogen-bond donors (Lipinski definition) is 1. The van der Waals surface area contributed by atoms with Gasteiger partial charge < -0.3 is 5.32 Å². The molecule has 0 aliphatic carbocycles. The number of thiazole rings is 1. The van der Waals surface area contributed by atoms with Crippen LogP contribution in [0.1, 0.15) is 23.2 Å². The molecule has 0 saturated heterocycles. The third-order valence-corrected chi connectivity index (χ3v) is 3.51. The summed E-state index contributed by atoms with van der Waals surface area (Å²) in [7, 11) is 0. The molecule has 1 amide bonds. The van der Waals surface area contributed by atoms with Crippen molar-refractivity contribution in [3.63, 3.8) is 0 Å². The molecule has 0 radical (unpaired) electrons. The van der Waals surface area contributed by atoms with Crippen molar-refractivity contribution in [2.45, 2.75) is 26.2 Å². The Bertz CT molecular complexity index is 508. The SMILES string of the molecule is CCCc1ncc(CC(=O)Nc2ccccc2)s1. The van der Waals surface area contributed by atoms with Crippen LogP contribution in [0.15, 0.2) is 36.5 Å². The minimum atomic E-state index is 0.00731. The largest absolute Gasteiger partial charge is 0.326 e. The normalized spacial score (nSPS) is 10.3. The van der Waals surface area contributed by atoms with Crippen LogP contribution in [-0.4, -0.2) is 10.9 Å². The zero-order valence-electron chi connectivity index (χ0n) is 10.3. The van der Waals surface area contributed by atoms with Gasteiger partial charge in [-0.15, -0.1) is 11.3 Å². The lowest BCUT2D eigenvalue weighted by Gasteiger charge is -2.02. The number of aryl methyl sites for hydroxylation is 1. The molecule has 4 heteroatoms. The maximum atomic E-state index is 11.8.